The Kier molecular flexibility index (Phi) is 1.58. The van der Waals surface area contributed by atoms with Crippen molar-refractivity contribution in [2.45, 2.75) is 0 Å². The first-order valence-corrected chi connectivity index (χ1v) is 2.73. The molecule has 0 aliphatic carbocycles. The lowest BCUT2D eigenvalue weighted by molar-refractivity contribution is -0.112. The molecule has 0 aliphatic rings. The average Bonchev–Trinajstić information content (AvgIpc) is 2.36. The summed E-state index contributed by atoms with van der Waals surface area (Å²) < 4.78 is 4.72. The van der Waals surface area contributed by atoms with Gasteiger partial charge in [0.1, 0.15) is 0 Å². The van der Waals surface area contributed by atoms with Crippen LogP contribution in [0.2, 0.25) is 0 Å². The highest BCUT2D eigenvalue weighted by Crippen LogP contribution is 2.10. The molecule has 0 spiro atoms. The van der Waals surface area contributed by atoms with Gasteiger partial charge in [0.15, 0.2) is 0 Å². The van der Waals surface area contributed by atoms with Gasteiger partial charge in [-0.25, -0.2) is 0 Å². The summed E-state index contributed by atoms with van der Waals surface area (Å²) in [5.74, 6) is -0.526. The van der Waals surface area contributed by atoms with E-state index in [0.29, 0.717) is 5.56 Å². The molecule has 1 aromatic heterocycles. The van der Waals surface area contributed by atoms with Crippen molar-refractivity contribution in [3.63, 3.8) is 0 Å². The van der Waals surface area contributed by atoms with Crippen LogP contribution in [0.1, 0.15) is 5.56 Å². The summed E-state index contributed by atoms with van der Waals surface area (Å²) in [6, 6.07) is 1.63. The molecule has 10 heavy (non-hydrogen) atoms. The van der Waals surface area contributed by atoms with Crippen molar-refractivity contribution in [2.75, 3.05) is 0 Å². The summed E-state index contributed by atoms with van der Waals surface area (Å²) in [7, 11) is 0. The van der Waals surface area contributed by atoms with Gasteiger partial charge in [0.2, 0.25) is 5.91 Å². The fourth-order valence-corrected chi connectivity index (χ4v) is 0.578. The summed E-state index contributed by atoms with van der Waals surface area (Å²) in [5, 5.41) is 0. The van der Waals surface area contributed by atoms with E-state index in [4.69, 9.17) is 10.2 Å². The summed E-state index contributed by atoms with van der Waals surface area (Å²) in [6.07, 6.45) is 2.89. The summed E-state index contributed by atoms with van der Waals surface area (Å²) in [6.45, 7) is 3.46. The van der Waals surface area contributed by atoms with Crippen LogP contribution in [0.3, 0.4) is 0 Å². The van der Waals surface area contributed by atoms with E-state index in [9.17, 15) is 4.79 Å². The molecule has 0 saturated heterocycles. The van der Waals surface area contributed by atoms with Gasteiger partial charge in [-0.05, 0) is 6.07 Å². The van der Waals surface area contributed by atoms with Gasteiger partial charge in [0.05, 0.1) is 12.5 Å². The van der Waals surface area contributed by atoms with Crippen LogP contribution < -0.4 is 5.73 Å². The topological polar surface area (TPSA) is 56.2 Å². The number of nitrogens with two attached hydrogens (primary N) is 1. The predicted molar refractivity (Wildman–Crippen MR) is 36.9 cm³/mol. The summed E-state index contributed by atoms with van der Waals surface area (Å²) >= 11 is 0. The number of carbonyl (C=O) groups excluding carboxylic acids is 1. The lowest BCUT2D eigenvalue weighted by atomic mass is 10.1. The molecule has 1 rings (SSSR count). The number of carbonyl (C=O) groups is 1. The zero-order valence-electron chi connectivity index (χ0n) is 5.33. The van der Waals surface area contributed by atoms with E-state index in [1.807, 2.05) is 0 Å². The number of primary amides is 1. The molecule has 52 valence electrons. The Labute approximate surface area is 58.1 Å². The Morgan fingerprint density at radius 2 is 2.40 bits per heavy atom. The van der Waals surface area contributed by atoms with Gasteiger partial charge in [-0.3, -0.25) is 4.79 Å². The zero-order chi connectivity index (χ0) is 7.56. The van der Waals surface area contributed by atoms with Gasteiger partial charge in [0.25, 0.3) is 0 Å². The molecule has 0 aliphatic heterocycles. The highest BCUT2D eigenvalue weighted by Gasteiger charge is 2.04. The molecule has 0 aromatic carbocycles. The first kappa shape index (κ1) is 6.61. The second kappa shape index (κ2) is 2.39. The third-order valence-corrected chi connectivity index (χ3v) is 1.17. The first-order valence-electron chi connectivity index (χ1n) is 2.73. The van der Waals surface area contributed by atoms with Crippen LogP contribution in [-0.2, 0) is 4.79 Å². The van der Waals surface area contributed by atoms with Gasteiger partial charge in [-0.1, -0.05) is 6.58 Å². The average molecular weight is 137 g/mol. The maximum absolute atomic E-state index is 10.5. The van der Waals surface area contributed by atoms with Crippen molar-refractivity contribution in [1.82, 2.24) is 0 Å². The molecule has 0 fully saturated rings. The number of furan rings is 1. The van der Waals surface area contributed by atoms with Crippen molar-refractivity contribution in [3.8, 4) is 0 Å². The molecule has 0 saturated carbocycles. The van der Waals surface area contributed by atoms with Crippen molar-refractivity contribution in [2.24, 2.45) is 5.73 Å². The fraction of sp³-hybridized carbons (Fsp3) is 0. The lowest BCUT2D eigenvalue weighted by Crippen LogP contribution is -2.11. The van der Waals surface area contributed by atoms with E-state index in [1.54, 1.807) is 6.07 Å². The highest BCUT2D eigenvalue weighted by atomic mass is 16.3. The maximum atomic E-state index is 10.5. The molecule has 3 heteroatoms. The van der Waals surface area contributed by atoms with E-state index < -0.39 is 5.91 Å². The number of hydrogen-bond acceptors (Lipinski definition) is 2. The summed E-state index contributed by atoms with van der Waals surface area (Å²) in [5.41, 5.74) is 5.85. The number of rotatable bonds is 2. The Bertz CT molecular complexity index is 249. The van der Waals surface area contributed by atoms with Gasteiger partial charge in [-0.15, -0.1) is 0 Å². The van der Waals surface area contributed by atoms with E-state index >= 15 is 0 Å². The third kappa shape index (κ3) is 1.07. The first-order chi connectivity index (χ1) is 4.72. The van der Waals surface area contributed by atoms with Gasteiger partial charge < -0.3 is 10.2 Å². The molecule has 0 unspecified atom stereocenters. The van der Waals surface area contributed by atoms with Crippen molar-refractivity contribution in [1.29, 1.82) is 0 Å². The Hall–Kier alpha value is -1.51. The fourth-order valence-electron chi connectivity index (χ4n) is 0.578. The molecule has 1 aromatic rings. The van der Waals surface area contributed by atoms with Crippen molar-refractivity contribution >= 4 is 11.5 Å². The molecule has 0 atom stereocenters. The molecule has 0 bridgehead atoms. The van der Waals surface area contributed by atoms with Crippen LogP contribution >= 0.6 is 0 Å². The normalized spacial score (nSPS) is 9.20. The second-order valence-electron chi connectivity index (χ2n) is 1.85. The van der Waals surface area contributed by atoms with Crippen LogP contribution in [0.4, 0.5) is 0 Å². The third-order valence-electron chi connectivity index (χ3n) is 1.17. The minimum Gasteiger partial charge on any atom is -0.472 e. The Morgan fingerprint density at radius 1 is 1.70 bits per heavy atom. The minimum absolute atomic E-state index is 0.272. The molecular formula is C7H7NO2. The Balaban J connectivity index is 2.88. The smallest absolute Gasteiger partial charge is 0.248 e. The molecule has 3 nitrogen and oxygen atoms in total. The van der Waals surface area contributed by atoms with Crippen molar-refractivity contribution in [3.05, 3.63) is 30.7 Å². The van der Waals surface area contributed by atoms with Crippen LogP contribution in [0.15, 0.2) is 29.6 Å². The SMILES string of the molecule is C=C(C(N)=O)c1ccoc1. The molecular weight excluding hydrogens is 130 g/mol. The van der Waals surface area contributed by atoms with Crippen molar-refractivity contribution < 1.29 is 9.21 Å². The number of amides is 1. The highest BCUT2D eigenvalue weighted by molar-refractivity contribution is 6.17. The second-order valence-corrected chi connectivity index (χ2v) is 1.85. The Morgan fingerprint density at radius 3 is 2.80 bits per heavy atom. The monoisotopic (exact) mass is 137 g/mol. The molecule has 0 radical (unpaired) electrons. The van der Waals surface area contributed by atoms with Crippen LogP contribution in [0.25, 0.3) is 5.57 Å². The molecule has 2 N–H and O–H groups in total. The zero-order valence-corrected chi connectivity index (χ0v) is 5.33. The van der Waals surface area contributed by atoms with Gasteiger partial charge in [0, 0.05) is 11.1 Å². The largest absolute Gasteiger partial charge is 0.472 e. The van der Waals surface area contributed by atoms with Crippen LogP contribution in [0.5, 0.6) is 0 Å². The number of hydrogen-bond donors (Lipinski definition) is 1. The minimum atomic E-state index is -0.526. The lowest BCUT2D eigenvalue weighted by Gasteiger charge is -1.92. The van der Waals surface area contributed by atoms with Gasteiger partial charge >= 0.3 is 0 Å². The predicted octanol–water partition coefficient (Wildman–Crippen LogP) is 0.778. The quantitative estimate of drug-likeness (QED) is 0.612. The van der Waals surface area contributed by atoms with E-state index in [0.717, 1.165) is 0 Å². The standard InChI is InChI=1S/C7H7NO2/c1-5(7(8)9)6-2-3-10-4-6/h2-4H,1H2,(H2,8,9). The maximum Gasteiger partial charge on any atom is 0.248 e. The molecule has 1 heterocycles. The summed E-state index contributed by atoms with van der Waals surface area (Å²) in [4.78, 5) is 10.5. The van der Waals surface area contributed by atoms with Crippen LogP contribution in [0, 0.1) is 0 Å². The van der Waals surface area contributed by atoms with Gasteiger partial charge in [-0.2, -0.15) is 0 Å². The van der Waals surface area contributed by atoms with E-state index in [1.165, 1.54) is 12.5 Å². The van der Waals surface area contributed by atoms with E-state index in [-0.39, 0.29) is 5.57 Å². The van der Waals surface area contributed by atoms with Crippen LogP contribution in [-0.4, -0.2) is 5.91 Å². The molecule has 1 amide bonds. The van der Waals surface area contributed by atoms with E-state index in [2.05, 4.69) is 6.58 Å².